The lowest BCUT2D eigenvalue weighted by Crippen LogP contribution is -2.30. The molecule has 0 saturated heterocycles. The fraction of sp³-hybridized carbons (Fsp3) is 0.261. The van der Waals surface area contributed by atoms with Gasteiger partial charge in [0.1, 0.15) is 27.9 Å². The third-order valence-electron chi connectivity index (χ3n) is 4.53. The van der Waals surface area contributed by atoms with Crippen LogP contribution in [0.5, 0.6) is 17.4 Å². The maximum absolute atomic E-state index is 12.4. The second-order valence-electron chi connectivity index (χ2n) is 7.62. The Balaban J connectivity index is 1.70. The summed E-state index contributed by atoms with van der Waals surface area (Å²) in [4.78, 5) is 12.4. The van der Waals surface area contributed by atoms with Gasteiger partial charge in [0.05, 0.1) is 17.8 Å². The van der Waals surface area contributed by atoms with E-state index in [0.717, 1.165) is 11.5 Å². The molecule has 180 valence electrons. The summed E-state index contributed by atoms with van der Waals surface area (Å²) in [5, 5.41) is 46.0. The molecule has 2 unspecified atom stereocenters. The van der Waals surface area contributed by atoms with Crippen LogP contribution in [0.2, 0.25) is 0 Å². The van der Waals surface area contributed by atoms with Gasteiger partial charge >= 0.3 is 0 Å². The molecule has 0 spiro atoms. The average Bonchev–Trinajstić information content (AvgIpc) is 3.17. The number of hydrogen-bond acceptors (Lipinski definition) is 9. The summed E-state index contributed by atoms with van der Waals surface area (Å²) in [6.45, 7) is 3.48. The van der Waals surface area contributed by atoms with Gasteiger partial charge in [-0.3, -0.25) is 10.2 Å². The number of ether oxygens (including phenoxy) is 1. The van der Waals surface area contributed by atoms with E-state index in [1.54, 1.807) is 62.4 Å². The molecule has 0 radical (unpaired) electrons. The number of amidine groups is 1. The molecule has 0 aliphatic carbocycles. The topological polar surface area (TPSA) is 160 Å². The molecule has 0 bridgehead atoms. The molecule has 0 aliphatic rings. The average molecular weight is 486 g/mol. The summed E-state index contributed by atoms with van der Waals surface area (Å²) in [7, 11) is 0. The van der Waals surface area contributed by atoms with Gasteiger partial charge in [-0.2, -0.15) is 4.37 Å². The van der Waals surface area contributed by atoms with Gasteiger partial charge in [0.25, 0.3) is 5.91 Å². The Hall–Kier alpha value is -3.67. The van der Waals surface area contributed by atoms with Crippen LogP contribution in [0, 0.1) is 5.41 Å². The maximum Gasteiger partial charge on any atom is 0.255 e. The molecule has 0 saturated carbocycles. The van der Waals surface area contributed by atoms with E-state index in [4.69, 9.17) is 10.1 Å². The number of hydrogen-bond donors (Lipinski definition) is 7. The summed E-state index contributed by atoms with van der Waals surface area (Å²) in [5.41, 5.74) is 1.23. The van der Waals surface area contributed by atoms with Crippen molar-refractivity contribution in [3.8, 4) is 17.4 Å². The highest BCUT2D eigenvalue weighted by Gasteiger charge is 2.19. The number of anilines is 2. The van der Waals surface area contributed by atoms with Crippen LogP contribution in [0.25, 0.3) is 0 Å². The fourth-order valence-corrected chi connectivity index (χ4v) is 3.59. The van der Waals surface area contributed by atoms with Crippen molar-refractivity contribution in [1.82, 2.24) is 15.0 Å². The molecular weight excluding hydrogens is 458 g/mol. The predicted molar refractivity (Wildman–Crippen MR) is 131 cm³/mol. The molecule has 7 N–H and O–H groups in total. The lowest BCUT2D eigenvalue weighted by Gasteiger charge is -2.13. The van der Waals surface area contributed by atoms with Gasteiger partial charge in [-0.1, -0.05) is 12.1 Å². The molecule has 0 fully saturated rings. The molecule has 11 heteroatoms. The number of nitrogens with one attached hydrogen (secondary N) is 4. The smallest absolute Gasteiger partial charge is 0.255 e. The number of aromatic nitrogens is 1. The minimum Gasteiger partial charge on any atom is -0.492 e. The highest BCUT2D eigenvalue weighted by molar-refractivity contribution is 7.11. The van der Waals surface area contributed by atoms with Crippen molar-refractivity contribution in [3.63, 3.8) is 0 Å². The zero-order chi connectivity index (χ0) is 24.7. The third-order valence-corrected chi connectivity index (χ3v) is 5.28. The Morgan fingerprint density at radius 1 is 1.06 bits per heavy atom. The van der Waals surface area contributed by atoms with Crippen LogP contribution < -0.4 is 20.7 Å². The zero-order valence-corrected chi connectivity index (χ0v) is 19.5. The highest BCUT2D eigenvalue weighted by atomic mass is 32.1. The molecule has 10 nitrogen and oxygen atoms in total. The van der Waals surface area contributed by atoms with Crippen LogP contribution in [-0.2, 0) is 0 Å². The summed E-state index contributed by atoms with van der Waals surface area (Å²) in [6, 6.07) is 13.7. The van der Waals surface area contributed by atoms with Crippen LogP contribution in [0.3, 0.4) is 0 Å². The van der Waals surface area contributed by atoms with Crippen molar-refractivity contribution >= 4 is 34.0 Å². The van der Waals surface area contributed by atoms with Gasteiger partial charge in [0.2, 0.25) is 5.88 Å². The number of aliphatic hydroxyl groups excluding tert-OH is 2. The van der Waals surface area contributed by atoms with Gasteiger partial charge < -0.3 is 36.0 Å². The van der Waals surface area contributed by atoms with Crippen molar-refractivity contribution < 1.29 is 24.9 Å². The van der Waals surface area contributed by atoms with E-state index < -0.39 is 12.2 Å². The van der Waals surface area contributed by atoms with Gasteiger partial charge in [-0.15, -0.1) is 0 Å². The van der Waals surface area contributed by atoms with E-state index in [-0.39, 0.29) is 36.3 Å². The number of aliphatic hydroxyl groups is 2. The standard InChI is InChI=1S/C23H27N5O5S/c1-13(29)11-25-20(24)19-22(32)28-34-23(19)27-15-7-9-16(10-8-15)33-18-6-4-3-5-17(18)21(31)26-12-14(2)30/h3-10,13-14,27,29-30H,11-12H2,1-2H3,(H2,24,25)(H,26,31)(H,28,32). The van der Waals surface area contributed by atoms with Crippen LogP contribution in [-0.4, -0.2) is 56.7 Å². The van der Waals surface area contributed by atoms with Gasteiger partial charge in [0.15, 0.2) is 0 Å². The highest BCUT2D eigenvalue weighted by Crippen LogP contribution is 2.33. The van der Waals surface area contributed by atoms with Crippen LogP contribution >= 0.6 is 11.5 Å². The Morgan fingerprint density at radius 2 is 1.71 bits per heavy atom. The first kappa shape index (κ1) is 25.0. The SMILES string of the molecule is CC(O)CNC(=N)c1c(O)nsc1Nc1ccc(Oc2ccccc2C(=O)NCC(C)O)cc1. The molecule has 2 atom stereocenters. The largest absolute Gasteiger partial charge is 0.492 e. The normalized spacial score (nSPS) is 12.5. The van der Waals surface area contributed by atoms with Gasteiger partial charge in [0, 0.05) is 18.8 Å². The molecule has 2 aromatic carbocycles. The summed E-state index contributed by atoms with van der Waals surface area (Å²) in [5.74, 6) is 0.193. The molecule has 3 rings (SSSR count). The fourth-order valence-electron chi connectivity index (χ4n) is 2.87. The van der Waals surface area contributed by atoms with Gasteiger partial charge in [-0.25, -0.2) is 0 Å². The van der Waals surface area contributed by atoms with Crippen molar-refractivity contribution in [2.75, 3.05) is 18.4 Å². The molecule has 0 aliphatic heterocycles. The number of para-hydroxylation sites is 1. The van der Waals surface area contributed by atoms with Crippen molar-refractivity contribution in [3.05, 3.63) is 59.7 Å². The second-order valence-corrected chi connectivity index (χ2v) is 8.40. The lowest BCUT2D eigenvalue weighted by atomic mass is 10.2. The monoisotopic (exact) mass is 485 g/mol. The molecule has 3 aromatic rings. The molecular formula is C23H27N5O5S. The first-order valence-electron chi connectivity index (χ1n) is 10.5. The number of benzene rings is 2. The van der Waals surface area contributed by atoms with E-state index in [1.807, 2.05) is 0 Å². The number of carbonyl (C=O) groups is 1. The number of aromatic hydroxyl groups is 1. The Labute approximate surface area is 200 Å². The van der Waals surface area contributed by atoms with E-state index in [0.29, 0.717) is 27.8 Å². The Morgan fingerprint density at radius 3 is 2.38 bits per heavy atom. The third kappa shape index (κ3) is 6.67. The van der Waals surface area contributed by atoms with Crippen LogP contribution in [0.15, 0.2) is 48.5 Å². The minimum absolute atomic E-state index is 0.0555. The first-order valence-corrected chi connectivity index (χ1v) is 11.3. The number of rotatable bonds is 10. The lowest BCUT2D eigenvalue weighted by molar-refractivity contribution is 0.0921. The van der Waals surface area contributed by atoms with E-state index >= 15 is 0 Å². The number of carbonyl (C=O) groups excluding carboxylic acids is 1. The molecule has 1 aromatic heterocycles. The van der Waals surface area contributed by atoms with E-state index in [1.165, 1.54) is 0 Å². The van der Waals surface area contributed by atoms with Gasteiger partial charge in [-0.05, 0) is 61.8 Å². The maximum atomic E-state index is 12.4. The molecule has 1 heterocycles. The van der Waals surface area contributed by atoms with E-state index in [9.17, 15) is 20.1 Å². The number of amides is 1. The Bertz CT molecular complexity index is 1130. The van der Waals surface area contributed by atoms with Crippen molar-refractivity contribution in [1.29, 1.82) is 5.41 Å². The quantitative estimate of drug-likeness (QED) is 0.170. The first-order chi connectivity index (χ1) is 16.2. The molecule has 34 heavy (non-hydrogen) atoms. The Kier molecular flexibility index (Phi) is 8.41. The minimum atomic E-state index is -0.657. The van der Waals surface area contributed by atoms with E-state index in [2.05, 4.69) is 20.3 Å². The zero-order valence-electron chi connectivity index (χ0n) is 18.7. The van der Waals surface area contributed by atoms with Crippen LogP contribution in [0.4, 0.5) is 10.7 Å². The summed E-state index contributed by atoms with van der Waals surface area (Å²) < 4.78 is 9.79. The van der Waals surface area contributed by atoms with Crippen molar-refractivity contribution in [2.24, 2.45) is 0 Å². The second kappa shape index (κ2) is 11.5. The summed E-state index contributed by atoms with van der Waals surface area (Å²) >= 11 is 1.00. The van der Waals surface area contributed by atoms with Crippen molar-refractivity contribution in [2.45, 2.75) is 26.1 Å². The molecule has 1 amide bonds. The predicted octanol–water partition coefficient (Wildman–Crippen LogP) is 2.79. The summed E-state index contributed by atoms with van der Waals surface area (Å²) in [6.07, 6.45) is -1.30. The number of nitrogens with zero attached hydrogens (tertiary/aromatic N) is 1. The van der Waals surface area contributed by atoms with Crippen LogP contribution in [0.1, 0.15) is 29.8 Å².